The largest absolute Gasteiger partial charge is 0.341 e. The minimum absolute atomic E-state index is 0.00706. The highest BCUT2D eigenvalue weighted by molar-refractivity contribution is 5.99. The lowest BCUT2D eigenvalue weighted by molar-refractivity contribution is -0.134. The second kappa shape index (κ2) is 10.2. The Kier molecular flexibility index (Phi) is 7.11. The third-order valence-corrected chi connectivity index (χ3v) is 6.92. The van der Waals surface area contributed by atoms with Crippen molar-refractivity contribution in [1.29, 1.82) is 0 Å². The Bertz CT molecular complexity index is 1020. The molecule has 174 valence electrons. The lowest BCUT2D eigenvalue weighted by Gasteiger charge is -2.37. The maximum absolute atomic E-state index is 13.4. The van der Waals surface area contributed by atoms with Crippen LogP contribution in [-0.4, -0.2) is 59.7 Å². The van der Waals surface area contributed by atoms with Crippen LogP contribution in [0.4, 0.5) is 0 Å². The SMILES string of the molecule is Cc1cccc(C(=O)N2CCC([C@@H](NC(=O)c3ccccc3C)C(=O)N3CCCC3)CC2)c1. The first-order valence-corrected chi connectivity index (χ1v) is 12.0. The van der Waals surface area contributed by atoms with Gasteiger partial charge < -0.3 is 15.1 Å². The molecule has 4 rings (SSSR count). The van der Waals surface area contributed by atoms with Crippen molar-refractivity contribution in [3.63, 3.8) is 0 Å². The topological polar surface area (TPSA) is 69.7 Å². The summed E-state index contributed by atoms with van der Waals surface area (Å²) in [7, 11) is 0. The van der Waals surface area contributed by atoms with Gasteiger partial charge in [-0.3, -0.25) is 14.4 Å². The summed E-state index contributed by atoms with van der Waals surface area (Å²) in [6, 6.07) is 14.5. The highest BCUT2D eigenvalue weighted by Gasteiger charge is 2.37. The lowest BCUT2D eigenvalue weighted by atomic mass is 9.87. The summed E-state index contributed by atoms with van der Waals surface area (Å²) in [5.41, 5.74) is 3.25. The number of carbonyl (C=O) groups is 3. The summed E-state index contributed by atoms with van der Waals surface area (Å²) in [6.45, 7) is 6.56. The molecule has 2 saturated heterocycles. The van der Waals surface area contributed by atoms with Crippen LogP contribution in [0, 0.1) is 19.8 Å². The van der Waals surface area contributed by atoms with Gasteiger partial charge in [-0.15, -0.1) is 0 Å². The fourth-order valence-electron chi connectivity index (χ4n) is 4.96. The molecular weight excluding hydrogens is 414 g/mol. The number of amides is 3. The van der Waals surface area contributed by atoms with Crippen molar-refractivity contribution in [2.45, 2.75) is 45.6 Å². The van der Waals surface area contributed by atoms with Crippen molar-refractivity contribution < 1.29 is 14.4 Å². The molecule has 3 amide bonds. The van der Waals surface area contributed by atoms with Crippen LogP contribution in [0.2, 0.25) is 0 Å². The number of nitrogens with one attached hydrogen (secondary N) is 1. The number of benzene rings is 2. The molecule has 1 N–H and O–H groups in total. The van der Waals surface area contributed by atoms with E-state index in [1.807, 2.05) is 66.1 Å². The van der Waals surface area contributed by atoms with Crippen LogP contribution >= 0.6 is 0 Å². The van der Waals surface area contributed by atoms with Crippen LogP contribution in [0.25, 0.3) is 0 Å². The van der Waals surface area contributed by atoms with Crippen LogP contribution < -0.4 is 5.32 Å². The van der Waals surface area contributed by atoms with Gasteiger partial charge in [0.2, 0.25) is 5.91 Å². The van der Waals surface area contributed by atoms with E-state index in [1.165, 1.54) is 0 Å². The number of piperidine rings is 1. The Labute approximate surface area is 196 Å². The zero-order valence-corrected chi connectivity index (χ0v) is 19.5. The summed E-state index contributed by atoms with van der Waals surface area (Å²) < 4.78 is 0. The first-order valence-electron chi connectivity index (χ1n) is 12.0. The maximum Gasteiger partial charge on any atom is 0.253 e. The number of rotatable bonds is 5. The van der Waals surface area contributed by atoms with Crippen LogP contribution in [-0.2, 0) is 4.79 Å². The van der Waals surface area contributed by atoms with E-state index in [2.05, 4.69) is 5.32 Å². The fraction of sp³-hybridized carbons (Fsp3) is 0.444. The molecule has 0 bridgehead atoms. The first kappa shape index (κ1) is 23.0. The molecule has 2 aliphatic rings. The van der Waals surface area contributed by atoms with E-state index in [1.54, 1.807) is 6.07 Å². The summed E-state index contributed by atoms with van der Waals surface area (Å²) in [4.78, 5) is 43.2. The molecule has 2 aromatic rings. The van der Waals surface area contributed by atoms with Gasteiger partial charge in [-0.05, 0) is 69.2 Å². The Morgan fingerprint density at radius 1 is 0.879 bits per heavy atom. The predicted octanol–water partition coefficient (Wildman–Crippen LogP) is 3.58. The normalized spacial score (nSPS) is 17.6. The van der Waals surface area contributed by atoms with E-state index in [9.17, 15) is 14.4 Å². The van der Waals surface area contributed by atoms with Gasteiger partial charge in [-0.2, -0.15) is 0 Å². The Balaban J connectivity index is 1.47. The molecule has 2 aromatic carbocycles. The molecular formula is C27H33N3O3. The van der Waals surface area contributed by atoms with Gasteiger partial charge in [-0.1, -0.05) is 35.9 Å². The van der Waals surface area contributed by atoms with Crippen molar-refractivity contribution in [3.8, 4) is 0 Å². The predicted molar refractivity (Wildman–Crippen MR) is 128 cm³/mol. The second-order valence-electron chi connectivity index (χ2n) is 9.30. The highest BCUT2D eigenvalue weighted by atomic mass is 16.2. The zero-order valence-electron chi connectivity index (χ0n) is 19.5. The number of aryl methyl sites for hydroxylation is 2. The molecule has 0 spiro atoms. The third kappa shape index (κ3) is 5.27. The van der Waals surface area contributed by atoms with Crippen LogP contribution in [0.3, 0.4) is 0 Å². The Morgan fingerprint density at radius 3 is 2.24 bits per heavy atom. The second-order valence-corrected chi connectivity index (χ2v) is 9.30. The van der Waals surface area contributed by atoms with Gasteiger partial charge in [0.1, 0.15) is 6.04 Å². The van der Waals surface area contributed by atoms with E-state index in [4.69, 9.17) is 0 Å². The standard InChI is InChI=1S/C27H33N3O3/c1-19-8-7-10-22(18-19)26(32)30-16-12-21(13-17-30)24(27(33)29-14-5-6-15-29)28-25(31)23-11-4-3-9-20(23)2/h3-4,7-11,18,21,24H,5-6,12-17H2,1-2H3,(H,28,31)/t24-/m1/s1. The van der Waals surface area contributed by atoms with Crippen molar-refractivity contribution in [2.24, 2.45) is 5.92 Å². The average molecular weight is 448 g/mol. The van der Waals surface area contributed by atoms with Gasteiger partial charge in [0.05, 0.1) is 0 Å². The van der Waals surface area contributed by atoms with Crippen molar-refractivity contribution in [2.75, 3.05) is 26.2 Å². The summed E-state index contributed by atoms with van der Waals surface area (Å²) >= 11 is 0. The summed E-state index contributed by atoms with van der Waals surface area (Å²) in [5, 5.41) is 3.07. The van der Waals surface area contributed by atoms with Gasteiger partial charge >= 0.3 is 0 Å². The molecule has 0 radical (unpaired) electrons. The number of hydrogen-bond donors (Lipinski definition) is 1. The zero-order chi connectivity index (χ0) is 23.4. The van der Waals surface area contributed by atoms with Gasteiger partial charge in [-0.25, -0.2) is 0 Å². The van der Waals surface area contributed by atoms with Crippen LogP contribution in [0.1, 0.15) is 57.5 Å². The summed E-state index contributed by atoms with van der Waals surface area (Å²) in [6.07, 6.45) is 3.40. The Morgan fingerprint density at radius 2 is 1.58 bits per heavy atom. The molecule has 0 saturated carbocycles. The molecule has 0 unspecified atom stereocenters. The number of nitrogens with zero attached hydrogens (tertiary/aromatic N) is 2. The van der Waals surface area contributed by atoms with E-state index in [-0.39, 0.29) is 23.6 Å². The first-order chi connectivity index (χ1) is 15.9. The van der Waals surface area contributed by atoms with E-state index < -0.39 is 6.04 Å². The fourth-order valence-corrected chi connectivity index (χ4v) is 4.96. The molecule has 33 heavy (non-hydrogen) atoms. The number of hydrogen-bond acceptors (Lipinski definition) is 3. The van der Waals surface area contributed by atoms with Crippen molar-refractivity contribution in [1.82, 2.24) is 15.1 Å². The van der Waals surface area contributed by atoms with E-state index in [0.717, 1.165) is 37.1 Å². The van der Waals surface area contributed by atoms with Gasteiger partial charge in [0, 0.05) is 37.3 Å². The van der Waals surface area contributed by atoms with Gasteiger partial charge in [0.15, 0.2) is 0 Å². The van der Waals surface area contributed by atoms with Crippen LogP contribution in [0.5, 0.6) is 0 Å². The van der Waals surface area contributed by atoms with E-state index in [0.29, 0.717) is 37.1 Å². The molecule has 2 heterocycles. The van der Waals surface area contributed by atoms with Crippen molar-refractivity contribution in [3.05, 3.63) is 70.8 Å². The molecule has 1 atom stereocenters. The Hall–Kier alpha value is -3.15. The van der Waals surface area contributed by atoms with Gasteiger partial charge in [0.25, 0.3) is 11.8 Å². The van der Waals surface area contributed by atoms with E-state index >= 15 is 0 Å². The quantitative estimate of drug-likeness (QED) is 0.762. The molecule has 6 heteroatoms. The molecule has 2 aliphatic heterocycles. The molecule has 0 aromatic heterocycles. The smallest absolute Gasteiger partial charge is 0.253 e. The van der Waals surface area contributed by atoms with Crippen LogP contribution in [0.15, 0.2) is 48.5 Å². The third-order valence-electron chi connectivity index (χ3n) is 6.92. The average Bonchev–Trinajstić information content (AvgIpc) is 3.37. The number of carbonyl (C=O) groups excluding carboxylic acids is 3. The summed E-state index contributed by atoms with van der Waals surface area (Å²) in [5.74, 6) is -0.155. The molecule has 0 aliphatic carbocycles. The minimum Gasteiger partial charge on any atom is -0.341 e. The molecule has 6 nitrogen and oxygen atoms in total. The van der Waals surface area contributed by atoms with Crippen molar-refractivity contribution >= 4 is 17.7 Å². The maximum atomic E-state index is 13.4. The highest BCUT2D eigenvalue weighted by Crippen LogP contribution is 2.25. The monoisotopic (exact) mass is 447 g/mol. The molecule has 2 fully saturated rings. The minimum atomic E-state index is -0.563. The lowest BCUT2D eigenvalue weighted by Crippen LogP contribution is -2.54. The number of likely N-dealkylation sites (tertiary alicyclic amines) is 2.